The topological polar surface area (TPSA) is 86.5 Å². The lowest BCUT2D eigenvalue weighted by atomic mass is 10.1. The van der Waals surface area contributed by atoms with E-state index in [1.54, 1.807) is 0 Å². The Morgan fingerprint density at radius 3 is 2.68 bits per heavy atom. The number of unbranched alkanes of at least 4 members (excludes halogenated alkanes) is 1. The molecule has 0 unspecified atom stereocenters. The number of thioether (sulfide) groups is 1. The molecule has 1 aromatic carbocycles. The minimum Gasteiger partial charge on any atom is -0.386 e. The molecule has 0 N–H and O–H groups in total. The molecular weight excluding hydrogens is 270 g/mol. The molecule has 0 fully saturated rings. The summed E-state index contributed by atoms with van der Waals surface area (Å²) in [5, 5.41) is 10.8. The number of hydrogen-bond donors (Lipinski definition) is 0. The zero-order valence-corrected chi connectivity index (χ0v) is 11.0. The maximum absolute atomic E-state index is 11.6. The third-order valence-corrected chi connectivity index (χ3v) is 3.79. The Bertz CT molecular complexity index is 569. The van der Waals surface area contributed by atoms with Gasteiger partial charge in [-0.25, -0.2) is 9.59 Å². The number of carbonyl (C=O) groups is 2. The van der Waals surface area contributed by atoms with Gasteiger partial charge in [-0.3, -0.25) is 10.1 Å². The highest BCUT2D eigenvalue weighted by molar-refractivity contribution is 7.99. The lowest BCUT2D eigenvalue weighted by Gasteiger charge is -2.04. The van der Waals surface area contributed by atoms with Gasteiger partial charge in [0.05, 0.1) is 16.1 Å². The number of carbonyl (C=O) groups excluding carboxylic acids is 2. The van der Waals surface area contributed by atoms with Crippen LogP contribution < -0.4 is 0 Å². The van der Waals surface area contributed by atoms with Gasteiger partial charge < -0.3 is 4.74 Å². The molecule has 0 aliphatic carbocycles. The summed E-state index contributed by atoms with van der Waals surface area (Å²) in [5.41, 5.74) is -0.0701. The molecule has 0 bridgehead atoms. The van der Waals surface area contributed by atoms with Crippen molar-refractivity contribution in [2.75, 3.05) is 5.75 Å². The Kier molecular flexibility index (Phi) is 3.84. The van der Waals surface area contributed by atoms with Gasteiger partial charge in [0.15, 0.2) is 0 Å². The maximum Gasteiger partial charge on any atom is 0.348 e. The van der Waals surface area contributed by atoms with Gasteiger partial charge in [-0.1, -0.05) is 13.3 Å². The summed E-state index contributed by atoms with van der Waals surface area (Å²) in [5.74, 6) is -0.819. The van der Waals surface area contributed by atoms with Crippen molar-refractivity contribution in [2.24, 2.45) is 0 Å². The summed E-state index contributed by atoms with van der Waals surface area (Å²) in [7, 11) is 0. The van der Waals surface area contributed by atoms with Crippen molar-refractivity contribution in [3.63, 3.8) is 0 Å². The summed E-state index contributed by atoms with van der Waals surface area (Å²) >= 11 is 1.33. The molecule has 6 nitrogen and oxygen atoms in total. The maximum atomic E-state index is 11.6. The van der Waals surface area contributed by atoms with Crippen molar-refractivity contribution in [3.05, 3.63) is 33.4 Å². The van der Waals surface area contributed by atoms with Crippen LogP contribution in [0, 0.1) is 10.1 Å². The Morgan fingerprint density at radius 2 is 2.05 bits per heavy atom. The first kappa shape index (κ1) is 13.5. The normalized spacial score (nSPS) is 13.3. The molecule has 19 heavy (non-hydrogen) atoms. The molecule has 0 aromatic heterocycles. The van der Waals surface area contributed by atoms with E-state index in [0.717, 1.165) is 24.7 Å². The van der Waals surface area contributed by atoms with Gasteiger partial charge in [0.1, 0.15) is 0 Å². The fourth-order valence-electron chi connectivity index (χ4n) is 1.71. The first-order chi connectivity index (χ1) is 9.04. The van der Waals surface area contributed by atoms with Crippen molar-refractivity contribution in [2.45, 2.75) is 24.7 Å². The molecule has 0 saturated carbocycles. The quantitative estimate of drug-likeness (QED) is 0.206. The second kappa shape index (κ2) is 5.40. The van der Waals surface area contributed by atoms with E-state index in [1.165, 1.54) is 17.8 Å². The zero-order chi connectivity index (χ0) is 14.0. The summed E-state index contributed by atoms with van der Waals surface area (Å²) in [6, 6.07) is 2.41. The molecule has 1 aliphatic rings. The molecule has 1 heterocycles. The lowest BCUT2D eigenvalue weighted by molar-refractivity contribution is -0.385. The molecule has 0 saturated heterocycles. The largest absolute Gasteiger partial charge is 0.386 e. The Morgan fingerprint density at radius 1 is 1.32 bits per heavy atom. The first-order valence-electron chi connectivity index (χ1n) is 5.76. The number of non-ortho nitro benzene ring substituents is 1. The van der Waals surface area contributed by atoms with E-state index in [1.807, 2.05) is 6.92 Å². The highest BCUT2D eigenvalue weighted by Gasteiger charge is 2.34. The third-order valence-electron chi connectivity index (χ3n) is 2.66. The van der Waals surface area contributed by atoms with Gasteiger partial charge in [0.25, 0.3) is 5.69 Å². The lowest BCUT2D eigenvalue weighted by Crippen LogP contribution is -1.99. The third kappa shape index (κ3) is 2.60. The molecule has 2 rings (SSSR count). The van der Waals surface area contributed by atoms with Gasteiger partial charge in [-0.05, 0) is 12.2 Å². The number of ether oxygens (including phenoxy) is 1. The Labute approximate surface area is 113 Å². The number of nitro groups is 1. The number of benzene rings is 1. The SMILES string of the molecule is CCCCSc1cc([N+](=O)[O-])cc2c1C(=O)OC2=O. The molecule has 1 aromatic rings. The number of fused-ring (bicyclic) bond motifs is 1. The van der Waals surface area contributed by atoms with E-state index >= 15 is 0 Å². The van der Waals surface area contributed by atoms with Crippen molar-refractivity contribution in [1.29, 1.82) is 0 Å². The molecule has 100 valence electrons. The average Bonchev–Trinajstić information content (AvgIpc) is 2.65. The summed E-state index contributed by atoms with van der Waals surface area (Å²) in [6.07, 6.45) is 1.90. The smallest absolute Gasteiger partial charge is 0.348 e. The predicted molar refractivity (Wildman–Crippen MR) is 68.5 cm³/mol. The standard InChI is InChI=1S/C12H11NO5S/c1-2-3-4-19-9-6-7(13(16)17)5-8-10(9)12(15)18-11(8)14/h5-6H,2-4H2,1H3. The van der Waals surface area contributed by atoms with Crippen molar-refractivity contribution in [1.82, 2.24) is 0 Å². The van der Waals surface area contributed by atoms with E-state index < -0.39 is 16.9 Å². The van der Waals surface area contributed by atoms with Crippen LogP contribution in [0.2, 0.25) is 0 Å². The fourth-order valence-corrected chi connectivity index (χ4v) is 2.90. The van der Waals surface area contributed by atoms with Crippen molar-refractivity contribution >= 4 is 29.4 Å². The monoisotopic (exact) mass is 281 g/mol. The first-order valence-corrected chi connectivity index (χ1v) is 6.75. The van der Waals surface area contributed by atoms with Crippen molar-refractivity contribution < 1.29 is 19.2 Å². The molecule has 0 amide bonds. The molecular formula is C12H11NO5S. The molecule has 0 radical (unpaired) electrons. The van der Waals surface area contributed by atoms with Crippen LogP contribution in [0.3, 0.4) is 0 Å². The van der Waals surface area contributed by atoms with Crippen LogP contribution in [0.4, 0.5) is 5.69 Å². The highest BCUT2D eigenvalue weighted by atomic mass is 32.2. The average molecular weight is 281 g/mol. The van der Waals surface area contributed by atoms with Crippen LogP contribution >= 0.6 is 11.8 Å². The van der Waals surface area contributed by atoms with Gasteiger partial charge in [0.2, 0.25) is 0 Å². The van der Waals surface area contributed by atoms with Crippen LogP contribution in [0.15, 0.2) is 17.0 Å². The number of rotatable bonds is 5. The number of hydrogen-bond acceptors (Lipinski definition) is 6. The van der Waals surface area contributed by atoms with E-state index in [4.69, 9.17) is 0 Å². The number of nitrogens with zero attached hydrogens (tertiary/aromatic N) is 1. The van der Waals surface area contributed by atoms with Crippen LogP contribution in [0.1, 0.15) is 40.5 Å². The van der Waals surface area contributed by atoms with E-state index in [-0.39, 0.29) is 16.8 Å². The number of esters is 2. The van der Waals surface area contributed by atoms with Gasteiger partial charge in [-0.2, -0.15) is 0 Å². The van der Waals surface area contributed by atoms with Gasteiger partial charge in [-0.15, -0.1) is 11.8 Å². The summed E-state index contributed by atoms with van der Waals surface area (Å²) < 4.78 is 4.50. The van der Waals surface area contributed by atoms with E-state index in [9.17, 15) is 19.7 Å². The van der Waals surface area contributed by atoms with Crippen LogP contribution in [0.5, 0.6) is 0 Å². The Balaban J connectivity index is 2.45. The van der Waals surface area contributed by atoms with E-state index in [2.05, 4.69) is 4.74 Å². The predicted octanol–water partition coefficient (Wildman–Crippen LogP) is 2.80. The van der Waals surface area contributed by atoms with E-state index in [0.29, 0.717) is 4.90 Å². The van der Waals surface area contributed by atoms with Crippen LogP contribution in [0.25, 0.3) is 0 Å². The second-order valence-corrected chi connectivity index (χ2v) is 5.14. The summed E-state index contributed by atoms with van der Waals surface area (Å²) in [4.78, 5) is 33.7. The highest BCUT2D eigenvalue weighted by Crippen LogP contribution is 2.35. The summed E-state index contributed by atoms with van der Waals surface area (Å²) in [6.45, 7) is 2.02. The fraction of sp³-hybridized carbons (Fsp3) is 0.333. The van der Waals surface area contributed by atoms with Gasteiger partial charge >= 0.3 is 11.9 Å². The number of cyclic esters (lactones) is 2. The minimum absolute atomic E-state index is 0.0156. The van der Waals surface area contributed by atoms with Crippen LogP contribution in [-0.4, -0.2) is 22.6 Å². The minimum atomic E-state index is -0.818. The molecule has 7 heteroatoms. The van der Waals surface area contributed by atoms with Crippen LogP contribution in [-0.2, 0) is 4.74 Å². The molecule has 0 atom stereocenters. The van der Waals surface area contributed by atoms with Gasteiger partial charge in [0, 0.05) is 17.0 Å². The number of nitro benzene ring substituents is 1. The second-order valence-electron chi connectivity index (χ2n) is 4.00. The van der Waals surface area contributed by atoms with Crippen molar-refractivity contribution in [3.8, 4) is 0 Å². The Hall–Kier alpha value is -1.89. The zero-order valence-electron chi connectivity index (χ0n) is 10.2. The molecule has 1 aliphatic heterocycles. The molecule has 0 spiro atoms.